The molecule has 0 aromatic heterocycles. The van der Waals surface area contributed by atoms with Crippen molar-refractivity contribution in [2.75, 3.05) is 19.7 Å². The number of carbonyl (C=O) groups is 1. The summed E-state index contributed by atoms with van der Waals surface area (Å²) in [5, 5.41) is 8.81. The van der Waals surface area contributed by atoms with Gasteiger partial charge in [0.25, 0.3) is 5.91 Å². The number of ether oxygens (including phenoxy) is 1. The smallest absolute Gasteiger partial charge is 0.405 e. The predicted molar refractivity (Wildman–Crippen MR) is 61.8 cm³/mol. The Bertz CT molecular complexity index is 434. The Morgan fingerprint density at radius 3 is 2.53 bits per heavy atom. The van der Waals surface area contributed by atoms with Crippen molar-refractivity contribution < 1.29 is 27.8 Å². The monoisotopic (exact) mass is 277 g/mol. The van der Waals surface area contributed by atoms with Crippen molar-refractivity contribution in [2.24, 2.45) is 0 Å². The van der Waals surface area contributed by atoms with Gasteiger partial charge in [-0.2, -0.15) is 0 Å². The third kappa shape index (κ3) is 4.44. The van der Waals surface area contributed by atoms with Gasteiger partial charge in [-0.15, -0.1) is 13.2 Å². The second kappa shape index (κ2) is 6.42. The lowest BCUT2D eigenvalue weighted by Gasteiger charge is -2.21. The Hall–Kier alpha value is -1.76. The maximum absolute atomic E-state index is 12.2. The minimum atomic E-state index is -4.86. The number of rotatable bonds is 5. The average molecular weight is 277 g/mol. The Morgan fingerprint density at radius 1 is 1.37 bits per heavy atom. The highest BCUT2D eigenvalue weighted by Gasteiger charge is 2.33. The summed E-state index contributed by atoms with van der Waals surface area (Å²) in [6.07, 6.45) is -4.86. The van der Waals surface area contributed by atoms with Crippen LogP contribution < -0.4 is 4.74 Å². The van der Waals surface area contributed by atoms with E-state index in [1.807, 2.05) is 0 Å². The van der Waals surface area contributed by atoms with Gasteiger partial charge in [-0.3, -0.25) is 4.79 Å². The van der Waals surface area contributed by atoms with Crippen molar-refractivity contribution in [3.05, 3.63) is 29.8 Å². The van der Waals surface area contributed by atoms with E-state index in [1.54, 1.807) is 6.92 Å². The molecule has 7 heteroatoms. The third-order valence-corrected chi connectivity index (χ3v) is 2.38. The summed E-state index contributed by atoms with van der Waals surface area (Å²) in [6.45, 7) is 1.73. The van der Waals surface area contributed by atoms with Crippen LogP contribution in [0.15, 0.2) is 24.3 Å². The number of hydrogen-bond acceptors (Lipinski definition) is 3. The number of amides is 1. The van der Waals surface area contributed by atoms with E-state index in [2.05, 4.69) is 4.74 Å². The zero-order chi connectivity index (χ0) is 14.5. The van der Waals surface area contributed by atoms with Gasteiger partial charge in [0.2, 0.25) is 0 Å². The lowest BCUT2D eigenvalue weighted by Crippen LogP contribution is -2.34. The molecule has 0 aliphatic rings. The second-order valence-corrected chi connectivity index (χ2v) is 3.65. The summed E-state index contributed by atoms with van der Waals surface area (Å²) >= 11 is 0. The van der Waals surface area contributed by atoms with E-state index in [4.69, 9.17) is 5.11 Å². The molecule has 0 atom stereocenters. The van der Waals surface area contributed by atoms with Crippen molar-refractivity contribution in [2.45, 2.75) is 13.3 Å². The molecular formula is C12H14F3NO3. The molecule has 0 bridgehead atoms. The lowest BCUT2D eigenvalue weighted by molar-refractivity contribution is -0.274. The number of nitrogens with zero attached hydrogens (tertiary/aromatic N) is 1. The molecule has 4 nitrogen and oxygen atoms in total. The van der Waals surface area contributed by atoms with E-state index in [0.717, 1.165) is 6.07 Å². The van der Waals surface area contributed by atoms with Gasteiger partial charge < -0.3 is 14.7 Å². The molecule has 0 heterocycles. The molecule has 0 fully saturated rings. The Labute approximate surface area is 108 Å². The van der Waals surface area contributed by atoms with Gasteiger partial charge in [0.15, 0.2) is 0 Å². The quantitative estimate of drug-likeness (QED) is 0.896. The van der Waals surface area contributed by atoms with Gasteiger partial charge in [-0.1, -0.05) is 12.1 Å². The van der Waals surface area contributed by atoms with Crippen molar-refractivity contribution in [1.82, 2.24) is 4.90 Å². The van der Waals surface area contributed by atoms with E-state index in [1.165, 1.54) is 23.1 Å². The van der Waals surface area contributed by atoms with E-state index >= 15 is 0 Å². The van der Waals surface area contributed by atoms with Crippen LogP contribution in [0.3, 0.4) is 0 Å². The number of aliphatic hydroxyl groups is 1. The number of hydrogen-bond donors (Lipinski definition) is 1. The number of halogens is 3. The van der Waals surface area contributed by atoms with Gasteiger partial charge in [-0.25, -0.2) is 0 Å². The first-order chi connectivity index (χ1) is 8.89. The van der Waals surface area contributed by atoms with Crippen LogP contribution in [0.4, 0.5) is 13.2 Å². The number of carbonyl (C=O) groups excluding carboxylic acids is 1. The van der Waals surface area contributed by atoms with Crippen LogP contribution in [0.25, 0.3) is 0 Å². The van der Waals surface area contributed by atoms with Gasteiger partial charge in [-0.05, 0) is 19.1 Å². The number of likely N-dealkylation sites (N-methyl/N-ethyl adjacent to an activating group) is 1. The molecule has 106 valence electrons. The molecule has 1 N–H and O–H groups in total. The Morgan fingerprint density at radius 2 is 2.00 bits per heavy atom. The summed E-state index contributed by atoms with van der Waals surface area (Å²) in [7, 11) is 0. The summed E-state index contributed by atoms with van der Waals surface area (Å²) in [6, 6.07) is 5.13. The zero-order valence-corrected chi connectivity index (χ0v) is 10.3. The fourth-order valence-corrected chi connectivity index (χ4v) is 1.55. The molecule has 0 aliphatic carbocycles. The number of para-hydroxylation sites is 1. The highest BCUT2D eigenvalue weighted by Crippen LogP contribution is 2.27. The SMILES string of the molecule is CCN(CCO)C(=O)c1ccccc1OC(F)(F)F. The van der Waals surface area contributed by atoms with Crippen molar-refractivity contribution in [3.8, 4) is 5.75 Å². The van der Waals surface area contributed by atoms with Crippen LogP contribution in [0, 0.1) is 0 Å². The molecule has 0 unspecified atom stereocenters. The second-order valence-electron chi connectivity index (χ2n) is 3.65. The fourth-order valence-electron chi connectivity index (χ4n) is 1.55. The van der Waals surface area contributed by atoms with Crippen LogP contribution >= 0.6 is 0 Å². The maximum atomic E-state index is 12.2. The fraction of sp³-hybridized carbons (Fsp3) is 0.417. The van der Waals surface area contributed by atoms with Gasteiger partial charge in [0.05, 0.1) is 12.2 Å². The summed E-state index contributed by atoms with van der Waals surface area (Å²) in [4.78, 5) is 13.3. The summed E-state index contributed by atoms with van der Waals surface area (Å²) in [5.41, 5.74) is -0.185. The van der Waals surface area contributed by atoms with E-state index < -0.39 is 18.0 Å². The average Bonchev–Trinajstić information content (AvgIpc) is 2.34. The topological polar surface area (TPSA) is 49.8 Å². The summed E-state index contributed by atoms with van der Waals surface area (Å²) < 4.78 is 40.5. The molecular weight excluding hydrogens is 263 g/mol. The highest BCUT2D eigenvalue weighted by atomic mass is 19.4. The predicted octanol–water partition coefficient (Wildman–Crippen LogP) is 2.04. The normalized spacial score (nSPS) is 11.2. The summed E-state index contributed by atoms with van der Waals surface area (Å²) in [5.74, 6) is -1.16. The first-order valence-corrected chi connectivity index (χ1v) is 5.64. The Kier molecular flexibility index (Phi) is 5.17. The maximum Gasteiger partial charge on any atom is 0.573 e. The van der Waals surface area contributed by atoms with Gasteiger partial charge in [0.1, 0.15) is 5.75 Å². The van der Waals surface area contributed by atoms with Crippen LogP contribution in [-0.2, 0) is 0 Å². The first kappa shape index (κ1) is 15.3. The molecule has 0 saturated heterocycles. The number of benzene rings is 1. The highest BCUT2D eigenvalue weighted by molar-refractivity contribution is 5.96. The van der Waals surface area contributed by atoms with Crippen LogP contribution in [-0.4, -0.2) is 42.0 Å². The van der Waals surface area contributed by atoms with Crippen molar-refractivity contribution in [1.29, 1.82) is 0 Å². The molecule has 1 amide bonds. The molecule has 1 aromatic carbocycles. The van der Waals surface area contributed by atoms with Crippen LogP contribution in [0.5, 0.6) is 5.75 Å². The molecule has 0 saturated carbocycles. The minimum Gasteiger partial charge on any atom is -0.405 e. The van der Waals surface area contributed by atoms with Crippen molar-refractivity contribution in [3.63, 3.8) is 0 Å². The number of alkyl halides is 3. The van der Waals surface area contributed by atoms with E-state index in [0.29, 0.717) is 0 Å². The molecule has 19 heavy (non-hydrogen) atoms. The molecule has 1 aromatic rings. The first-order valence-electron chi connectivity index (χ1n) is 5.64. The molecule has 0 spiro atoms. The number of aliphatic hydroxyl groups excluding tert-OH is 1. The molecule has 1 rings (SSSR count). The van der Waals surface area contributed by atoms with Gasteiger partial charge in [0, 0.05) is 13.1 Å². The van der Waals surface area contributed by atoms with E-state index in [-0.39, 0.29) is 25.3 Å². The largest absolute Gasteiger partial charge is 0.573 e. The van der Waals surface area contributed by atoms with Crippen LogP contribution in [0.2, 0.25) is 0 Å². The van der Waals surface area contributed by atoms with E-state index in [9.17, 15) is 18.0 Å². The standard InChI is InChI=1S/C12H14F3NO3/c1-2-16(7-8-17)11(18)9-5-3-4-6-10(9)19-12(13,14)15/h3-6,17H,2,7-8H2,1H3. The lowest BCUT2D eigenvalue weighted by atomic mass is 10.1. The molecule has 0 aliphatic heterocycles. The Balaban J connectivity index is 3.02. The van der Waals surface area contributed by atoms with Crippen LogP contribution in [0.1, 0.15) is 17.3 Å². The van der Waals surface area contributed by atoms with Gasteiger partial charge >= 0.3 is 6.36 Å². The zero-order valence-electron chi connectivity index (χ0n) is 10.3. The molecule has 0 radical (unpaired) electrons. The van der Waals surface area contributed by atoms with Crippen molar-refractivity contribution >= 4 is 5.91 Å². The minimum absolute atomic E-state index is 0.0513. The third-order valence-electron chi connectivity index (χ3n) is 2.38.